The third-order valence-corrected chi connectivity index (χ3v) is 3.67. The summed E-state index contributed by atoms with van der Waals surface area (Å²) >= 11 is 1.30. The molecule has 2 aliphatic heterocycles. The molecular weight excluding hydrogens is 248 g/mol. The third kappa shape index (κ3) is 1.86. The van der Waals surface area contributed by atoms with E-state index in [1.54, 1.807) is 11.6 Å². The van der Waals surface area contributed by atoms with Crippen LogP contribution in [0.2, 0.25) is 0 Å². The molecule has 3 rings (SSSR count). The van der Waals surface area contributed by atoms with Crippen molar-refractivity contribution in [2.24, 2.45) is 10.9 Å². The number of amides is 2. The minimum Gasteiger partial charge on any atom is -0.273 e. The SMILES string of the molecule is O=C1N=C2SC=CN2C(=O)[C@H]1Cc1ccccc1. The van der Waals surface area contributed by atoms with Crippen LogP contribution in [0.3, 0.4) is 0 Å². The van der Waals surface area contributed by atoms with Crippen LogP contribution in [0.1, 0.15) is 5.56 Å². The molecule has 4 nitrogen and oxygen atoms in total. The Kier molecular flexibility index (Phi) is 2.76. The molecule has 0 aliphatic carbocycles. The molecule has 0 saturated heterocycles. The van der Waals surface area contributed by atoms with Gasteiger partial charge in [0.1, 0.15) is 5.92 Å². The van der Waals surface area contributed by atoms with E-state index in [-0.39, 0.29) is 11.8 Å². The van der Waals surface area contributed by atoms with E-state index >= 15 is 0 Å². The maximum absolute atomic E-state index is 12.2. The van der Waals surface area contributed by atoms with E-state index in [1.807, 2.05) is 30.3 Å². The number of hydrogen-bond donors (Lipinski definition) is 0. The van der Waals surface area contributed by atoms with Crippen molar-refractivity contribution >= 4 is 28.7 Å². The number of rotatable bonds is 2. The first-order valence-electron chi connectivity index (χ1n) is 5.58. The zero-order valence-corrected chi connectivity index (χ0v) is 10.3. The molecule has 0 saturated carbocycles. The van der Waals surface area contributed by atoms with Gasteiger partial charge in [-0.25, -0.2) is 0 Å². The Balaban J connectivity index is 1.87. The summed E-state index contributed by atoms with van der Waals surface area (Å²) in [6.07, 6.45) is 2.07. The average molecular weight is 258 g/mol. The molecule has 1 aromatic carbocycles. The summed E-state index contributed by atoms with van der Waals surface area (Å²) in [5.74, 6) is -1.22. The summed E-state index contributed by atoms with van der Waals surface area (Å²) in [4.78, 5) is 29.5. The normalized spacial score (nSPS) is 22.1. The number of benzene rings is 1. The number of thioether (sulfide) groups is 1. The van der Waals surface area contributed by atoms with Crippen LogP contribution in [-0.2, 0) is 16.0 Å². The lowest BCUT2D eigenvalue weighted by atomic mass is 9.96. The molecule has 0 radical (unpaired) electrons. The van der Waals surface area contributed by atoms with Gasteiger partial charge in [-0.3, -0.25) is 14.5 Å². The highest BCUT2D eigenvalue weighted by atomic mass is 32.2. The van der Waals surface area contributed by atoms with Crippen molar-refractivity contribution in [1.29, 1.82) is 0 Å². The van der Waals surface area contributed by atoms with Gasteiger partial charge in [-0.05, 0) is 17.4 Å². The van der Waals surface area contributed by atoms with Crippen molar-refractivity contribution in [3.8, 4) is 0 Å². The fourth-order valence-corrected chi connectivity index (χ4v) is 2.70. The second kappa shape index (κ2) is 4.42. The molecule has 0 bridgehead atoms. The first-order chi connectivity index (χ1) is 8.75. The number of fused-ring (bicyclic) bond motifs is 1. The molecule has 0 aromatic heterocycles. The number of nitrogens with zero attached hydrogens (tertiary/aromatic N) is 2. The molecule has 0 fully saturated rings. The van der Waals surface area contributed by atoms with Gasteiger partial charge in [0.25, 0.3) is 5.91 Å². The topological polar surface area (TPSA) is 49.7 Å². The molecule has 90 valence electrons. The lowest BCUT2D eigenvalue weighted by Gasteiger charge is -2.24. The molecule has 2 amide bonds. The smallest absolute Gasteiger partial charge is 0.261 e. The van der Waals surface area contributed by atoms with Crippen molar-refractivity contribution in [2.75, 3.05) is 0 Å². The molecule has 0 N–H and O–H groups in total. The van der Waals surface area contributed by atoms with Crippen LogP contribution in [0.5, 0.6) is 0 Å². The van der Waals surface area contributed by atoms with Crippen LogP contribution >= 0.6 is 11.8 Å². The minimum absolute atomic E-state index is 0.185. The van der Waals surface area contributed by atoms with E-state index in [9.17, 15) is 9.59 Å². The maximum Gasteiger partial charge on any atom is 0.261 e. The van der Waals surface area contributed by atoms with Crippen molar-refractivity contribution < 1.29 is 9.59 Å². The van der Waals surface area contributed by atoms with Crippen LogP contribution in [-0.4, -0.2) is 21.9 Å². The lowest BCUT2D eigenvalue weighted by Crippen LogP contribution is -2.42. The number of carbonyl (C=O) groups excluding carboxylic acids is 2. The monoisotopic (exact) mass is 258 g/mol. The molecule has 5 heteroatoms. The van der Waals surface area contributed by atoms with Gasteiger partial charge in [0.05, 0.1) is 0 Å². The second-order valence-corrected chi connectivity index (χ2v) is 4.96. The van der Waals surface area contributed by atoms with Crippen LogP contribution in [0.4, 0.5) is 0 Å². The number of carbonyl (C=O) groups is 2. The molecule has 2 heterocycles. The van der Waals surface area contributed by atoms with Crippen LogP contribution < -0.4 is 0 Å². The number of amidine groups is 1. The van der Waals surface area contributed by atoms with E-state index in [2.05, 4.69) is 4.99 Å². The summed E-state index contributed by atoms with van der Waals surface area (Å²) in [5, 5.41) is 2.23. The first kappa shape index (κ1) is 11.2. The highest BCUT2D eigenvalue weighted by molar-refractivity contribution is 8.16. The van der Waals surface area contributed by atoms with Crippen molar-refractivity contribution in [1.82, 2.24) is 4.90 Å². The van der Waals surface area contributed by atoms with Gasteiger partial charge < -0.3 is 0 Å². The maximum atomic E-state index is 12.2. The molecule has 1 aromatic rings. The van der Waals surface area contributed by atoms with Crippen LogP contribution in [0.15, 0.2) is 46.9 Å². The second-order valence-electron chi connectivity index (χ2n) is 4.09. The molecule has 0 unspecified atom stereocenters. The quantitative estimate of drug-likeness (QED) is 0.760. The molecule has 18 heavy (non-hydrogen) atoms. The van der Waals surface area contributed by atoms with Crippen molar-refractivity contribution in [3.63, 3.8) is 0 Å². The zero-order valence-electron chi connectivity index (χ0n) is 9.45. The Hall–Kier alpha value is -1.88. The first-order valence-corrected chi connectivity index (χ1v) is 6.46. The van der Waals surface area contributed by atoms with E-state index in [4.69, 9.17) is 0 Å². The standard InChI is InChI=1S/C13H10N2O2S/c16-11-10(8-9-4-2-1-3-5-9)12(17)15-6-7-18-13(15)14-11/h1-7,10H,8H2/t10-/m0/s1. The van der Waals surface area contributed by atoms with Gasteiger partial charge in [0.15, 0.2) is 5.17 Å². The summed E-state index contributed by atoms with van der Waals surface area (Å²) in [7, 11) is 0. The lowest BCUT2D eigenvalue weighted by molar-refractivity contribution is -0.137. The summed E-state index contributed by atoms with van der Waals surface area (Å²) < 4.78 is 0. The Bertz CT molecular complexity index is 566. The highest BCUT2D eigenvalue weighted by Crippen LogP contribution is 2.27. The van der Waals surface area contributed by atoms with Gasteiger partial charge in [-0.15, -0.1) is 0 Å². The van der Waals surface area contributed by atoms with Crippen LogP contribution in [0, 0.1) is 5.92 Å². The van der Waals surface area contributed by atoms with Gasteiger partial charge in [0, 0.05) is 6.20 Å². The van der Waals surface area contributed by atoms with Crippen LogP contribution in [0.25, 0.3) is 0 Å². The predicted octanol–water partition coefficient (Wildman–Crippen LogP) is 1.79. The van der Waals surface area contributed by atoms with Gasteiger partial charge in [-0.1, -0.05) is 42.1 Å². The zero-order chi connectivity index (χ0) is 12.5. The predicted molar refractivity (Wildman–Crippen MR) is 69.7 cm³/mol. The minimum atomic E-state index is -0.695. The molecule has 0 spiro atoms. The molecule has 1 atom stereocenters. The third-order valence-electron chi connectivity index (χ3n) is 2.91. The Morgan fingerprint density at radius 3 is 2.78 bits per heavy atom. The van der Waals surface area contributed by atoms with E-state index in [0.29, 0.717) is 11.6 Å². The Labute approximate surface area is 108 Å². The van der Waals surface area contributed by atoms with Crippen molar-refractivity contribution in [3.05, 3.63) is 47.5 Å². The largest absolute Gasteiger partial charge is 0.273 e. The van der Waals surface area contributed by atoms with Gasteiger partial charge in [-0.2, -0.15) is 4.99 Å². The Morgan fingerprint density at radius 1 is 1.22 bits per heavy atom. The summed E-state index contributed by atoms with van der Waals surface area (Å²) in [5.41, 5.74) is 0.971. The fraction of sp³-hybridized carbons (Fsp3) is 0.154. The molecular formula is C13H10N2O2S. The van der Waals surface area contributed by atoms with Gasteiger partial charge >= 0.3 is 0 Å². The average Bonchev–Trinajstić information content (AvgIpc) is 2.84. The summed E-state index contributed by atoms with van der Waals surface area (Å²) in [6.45, 7) is 0. The fourth-order valence-electron chi connectivity index (χ4n) is 1.99. The van der Waals surface area contributed by atoms with Gasteiger partial charge in [0.2, 0.25) is 5.91 Å². The Morgan fingerprint density at radius 2 is 2.00 bits per heavy atom. The van der Waals surface area contributed by atoms with E-state index in [1.165, 1.54) is 16.7 Å². The highest BCUT2D eigenvalue weighted by Gasteiger charge is 2.38. The number of hydrogen-bond acceptors (Lipinski definition) is 3. The van der Waals surface area contributed by atoms with E-state index < -0.39 is 5.92 Å². The van der Waals surface area contributed by atoms with Crippen molar-refractivity contribution in [2.45, 2.75) is 6.42 Å². The van der Waals surface area contributed by atoms with E-state index in [0.717, 1.165) is 5.56 Å². The number of aliphatic imine (C=N–C) groups is 1. The summed E-state index contributed by atoms with van der Waals surface area (Å²) in [6, 6.07) is 9.52. The molecule has 2 aliphatic rings.